The lowest BCUT2D eigenvalue weighted by atomic mass is 10.0. The topological polar surface area (TPSA) is 95.2 Å². The SMILES string of the molecule is CN1CCC(Oc2ccc(NC(=O)Nc3ccc(-c4ccnc5[nH]ncc45)cc3)cc2C(F)(F)F)CC1. The van der Waals surface area contributed by atoms with Crippen LogP contribution in [0, 0.1) is 0 Å². The number of likely N-dealkylation sites (tertiary alicyclic amines) is 1. The van der Waals surface area contributed by atoms with Crippen molar-refractivity contribution in [1.82, 2.24) is 20.1 Å². The molecule has 0 radical (unpaired) electrons. The van der Waals surface area contributed by atoms with E-state index in [0.717, 1.165) is 35.7 Å². The number of pyridine rings is 1. The van der Waals surface area contributed by atoms with Gasteiger partial charge in [-0.1, -0.05) is 12.1 Å². The molecular formula is C26H25F3N6O2. The molecule has 2 aromatic carbocycles. The van der Waals surface area contributed by atoms with Crippen LogP contribution in [0.3, 0.4) is 0 Å². The van der Waals surface area contributed by atoms with Gasteiger partial charge in [-0.25, -0.2) is 9.78 Å². The Morgan fingerprint density at radius 2 is 1.76 bits per heavy atom. The van der Waals surface area contributed by atoms with Crippen LogP contribution in [-0.2, 0) is 6.18 Å². The molecule has 1 aliphatic heterocycles. The number of anilines is 2. The first-order valence-corrected chi connectivity index (χ1v) is 11.8. The highest BCUT2D eigenvalue weighted by Crippen LogP contribution is 2.39. The van der Waals surface area contributed by atoms with Crippen molar-refractivity contribution in [3.8, 4) is 16.9 Å². The van der Waals surface area contributed by atoms with Crippen LogP contribution in [0.1, 0.15) is 18.4 Å². The van der Waals surface area contributed by atoms with Gasteiger partial charge in [0.2, 0.25) is 0 Å². The van der Waals surface area contributed by atoms with E-state index in [-0.39, 0.29) is 17.5 Å². The number of benzene rings is 2. The average Bonchev–Trinajstić information content (AvgIpc) is 3.35. The number of aromatic amines is 1. The van der Waals surface area contributed by atoms with Crippen LogP contribution < -0.4 is 15.4 Å². The van der Waals surface area contributed by atoms with E-state index in [0.29, 0.717) is 24.2 Å². The summed E-state index contributed by atoms with van der Waals surface area (Å²) in [6.07, 6.45) is -0.227. The third-order valence-corrected chi connectivity index (χ3v) is 6.31. The molecule has 0 atom stereocenters. The zero-order valence-corrected chi connectivity index (χ0v) is 20.0. The molecule has 37 heavy (non-hydrogen) atoms. The van der Waals surface area contributed by atoms with Gasteiger partial charge in [0.1, 0.15) is 11.9 Å². The normalized spacial score (nSPS) is 15.0. The molecule has 0 saturated carbocycles. The molecule has 2 amide bonds. The lowest BCUT2D eigenvalue weighted by Gasteiger charge is -2.30. The zero-order valence-electron chi connectivity index (χ0n) is 20.0. The van der Waals surface area contributed by atoms with Crippen LogP contribution in [0.5, 0.6) is 5.75 Å². The molecule has 11 heteroatoms. The number of H-pyrrole nitrogens is 1. The van der Waals surface area contributed by atoms with E-state index < -0.39 is 17.8 Å². The number of ether oxygens (including phenoxy) is 1. The number of carbonyl (C=O) groups is 1. The summed E-state index contributed by atoms with van der Waals surface area (Å²) in [5, 5.41) is 12.8. The number of nitrogens with zero attached hydrogens (tertiary/aromatic N) is 3. The molecule has 3 heterocycles. The van der Waals surface area contributed by atoms with Crippen LogP contribution in [0.4, 0.5) is 29.3 Å². The summed E-state index contributed by atoms with van der Waals surface area (Å²) in [5.41, 5.74) is 2.07. The number of aromatic nitrogens is 3. The first-order chi connectivity index (χ1) is 17.8. The molecule has 2 aromatic heterocycles. The standard InChI is InChI=1S/C26H25F3N6O2/c1-35-12-9-19(10-13-35)37-23-7-6-18(14-22(23)26(27,28)29)33-25(36)32-17-4-2-16(3-5-17)20-8-11-30-24-21(20)15-31-34-24/h2-8,11,14-15,19H,9-10,12-13H2,1H3,(H,30,31,34)(H2,32,33,36). The summed E-state index contributed by atoms with van der Waals surface area (Å²) >= 11 is 0. The maximum absolute atomic E-state index is 13.8. The van der Waals surface area contributed by atoms with Crippen LogP contribution >= 0.6 is 0 Å². The number of rotatable bonds is 5. The number of halogens is 3. The molecule has 192 valence electrons. The Balaban J connectivity index is 1.26. The van der Waals surface area contributed by atoms with Crippen molar-refractivity contribution in [1.29, 1.82) is 0 Å². The number of piperidine rings is 1. The summed E-state index contributed by atoms with van der Waals surface area (Å²) in [7, 11) is 1.97. The van der Waals surface area contributed by atoms with Gasteiger partial charge in [-0.15, -0.1) is 0 Å². The van der Waals surface area contributed by atoms with Gasteiger partial charge in [0.25, 0.3) is 0 Å². The van der Waals surface area contributed by atoms with E-state index in [1.54, 1.807) is 24.5 Å². The van der Waals surface area contributed by atoms with Crippen molar-refractivity contribution in [2.45, 2.75) is 25.1 Å². The zero-order chi connectivity index (χ0) is 26.0. The molecule has 4 aromatic rings. The fourth-order valence-electron chi connectivity index (χ4n) is 4.34. The van der Waals surface area contributed by atoms with E-state index >= 15 is 0 Å². The summed E-state index contributed by atoms with van der Waals surface area (Å²) in [6, 6.07) is 11.8. The maximum Gasteiger partial charge on any atom is 0.420 e. The van der Waals surface area contributed by atoms with Gasteiger partial charge in [0, 0.05) is 36.0 Å². The number of urea groups is 1. The highest BCUT2D eigenvalue weighted by molar-refractivity contribution is 6.00. The molecule has 1 aliphatic rings. The van der Waals surface area contributed by atoms with Gasteiger partial charge in [0.05, 0.1) is 11.8 Å². The molecule has 3 N–H and O–H groups in total. The average molecular weight is 511 g/mol. The summed E-state index contributed by atoms with van der Waals surface area (Å²) in [5.74, 6) is -0.230. The molecule has 0 aliphatic carbocycles. The first kappa shape index (κ1) is 24.6. The van der Waals surface area contributed by atoms with E-state index in [4.69, 9.17) is 4.74 Å². The van der Waals surface area contributed by atoms with Gasteiger partial charge >= 0.3 is 12.2 Å². The summed E-state index contributed by atoms with van der Waals surface area (Å²) in [6.45, 7) is 1.53. The number of nitrogens with one attached hydrogen (secondary N) is 3. The molecule has 8 nitrogen and oxygen atoms in total. The van der Waals surface area contributed by atoms with Crippen molar-refractivity contribution in [3.63, 3.8) is 0 Å². The van der Waals surface area contributed by atoms with Crippen molar-refractivity contribution in [2.24, 2.45) is 0 Å². The number of carbonyl (C=O) groups excluding carboxylic acids is 1. The molecule has 5 rings (SSSR count). The Kier molecular flexibility index (Phi) is 6.70. The highest BCUT2D eigenvalue weighted by atomic mass is 19.4. The number of hydrogen-bond donors (Lipinski definition) is 3. The predicted molar refractivity (Wildman–Crippen MR) is 135 cm³/mol. The minimum atomic E-state index is -4.63. The van der Waals surface area contributed by atoms with Gasteiger partial charge in [0.15, 0.2) is 5.65 Å². The van der Waals surface area contributed by atoms with Crippen LogP contribution in [-0.4, -0.2) is 52.4 Å². The number of amides is 2. The quantitative estimate of drug-likeness (QED) is 0.317. The fourth-order valence-corrected chi connectivity index (χ4v) is 4.34. The largest absolute Gasteiger partial charge is 0.490 e. The molecule has 0 spiro atoms. The molecule has 0 bridgehead atoms. The Morgan fingerprint density at radius 1 is 1.05 bits per heavy atom. The number of hydrogen-bond acceptors (Lipinski definition) is 5. The van der Waals surface area contributed by atoms with Crippen molar-refractivity contribution >= 4 is 28.4 Å². The smallest absolute Gasteiger partial charge is 0.420 e. The van der Waals surface area contributed by atoms with Crippen molar-refractivity contribution in [3.05, 3.63) is 66.5 Å². The number of alkyl halides is 3. The van der Waals surface area contributed by atoms with E-state index in [1.807, 2.05) is 25.2 Å². The van der Waals surface area contributed by atoms with Gasteiger partial charge in [-0.2, -0.15) is 18.3 Å². The van der Waals surface area contributed by atoms with Crippen LogP contribution in [0.25, 0.3) is 22.2 Å². The van der Waals surface area contributed by atoms with Crippen LogP contribution in [0.2, 0.25) is 0 Å². The van der Waals surface area contributed by atoms with Gasteiger partial charge in [-0.05, 0) is 67.4 Å². The third kappa shape index (κ3) is 5.67. The van der Waals surface area contributed by atoms with Crippen molar-refractivity contribution < 1.29 is 22.7 Å². The van der Waals surface area contributed by atoms with E-state index in [1.165, 1.54) is 12.1 Å². The van der Waals surface area contributed by atoms with Crippen LogP contribution in [0.15, 0.2) is 60.9 Å². The predicted octanol–water partition coefficient (Wildman–Crippen LogP) is 5.76. The molecular weight excluding hydrogens is 485 g/mol. The minimum absolute atomic E-state index is 0.0105. The Labute approximate surface area is 210 Å². The lowest BCUT2D eigenvalue weighted by molar-refractivity contribution is -0.139. The highest BCUT2D eigenvalue weighted by Gasteiger charge is 2.35. The minimum Gasteiger partial charge on any atom is -0.490 e. The lowest BCUT2D eigenvalue weighted by Crippen LogP contribution is -2.36. The Hall–Kier alpha value is -4.12. The maximum atomic E-state index is 13.8. The van der Waals surface area contributed by atoms with Gasteiger partial charge in [-0.3, -0.25) is 5.10 Å². The summed E-state index contributed by atoms with van der Waals surface area (Å²) < 4.78 is 47.0. The van der Waals surface area contributed by atoms with E-state index in [9.17, 15) is 18.0 Å². The number of fused-ring (bicyclic) bond motifs is 1. The Morgan fingerprint density at radius 3 is 2.49 bits per heavy atom. The second kappa shape index (κ2) is 10.1. The Bertz CT molecular complexity index is 1400. The monoisotopic (exact) mass is 510 g/mol. The molecule has 1 fully saturated rings. The summed E-state index contributed by atoms with van der Waals surface area (Å²) in [4.78, 5) is 18.8. The third-order valence-electron chi connectivity index (χ3n) is 6.31. The second-order valence-corrected chi connectivity index (χ2v) is 8.98. The fraction of sp³-hybridized carbons (Fsp3) is 0.269. The molecule has 1 saturated heterocycles. The van der Waals surface area contributed by atoms with Crippen molar-refractivity contribution in [2.75, 3.05) is 30.8 Å². The first-order valence-electron chi connectivity index (χ1n) is 11.8. The molecule has 0 unspecified atom stereocenters. The second-order valence-electron chi connectivity index (χ2n) is 8.98. The van der Waals surface area contributed by atoms with Gasteiger partial charge < -0.3 is 20.3 Å². The van der Waals surface area contributed by atoms with E-state index in [2.05, 4.69) is 30.7 Å².